The molecular formula is C18H27N3O2. The molecule has 2 heterocycles. The van der Waals surface area contributed by atoms with Gasteiger partial charge in [0.15, 0.2) is 0 Å². The molecule has 3 rings (SSSR count). The summed E-state index contributed by atoms with van der Waals surface area (Å²) in [5.74, 6) is 1.27. The molecule has 0 amide bonds. The van der Waals surface area contributed by atoms with Crippen LogP contribution in [0.2, 0.25) is 0 Å². The number of nitrogens with one attached hydrogen (secondary N) is 2. The molecule has 2 unspecified atom stereocenters. The summed E-state index contributed by atoms with van der Waals surface area (Å²) in [5.41, 5.74) is 3.18. The average Bonchev–Trinajstić information content (AvgIpc) is 2.80. The predicted molar refractivity (Wildman–Crippen MR) is 93.3 cm³/mol. The fourth-order valence-corrected chi connectivity index (χ4v) is 3.76. The molecule has 0 saturated carbocycles. The van der Waals surface area contributed by atoms with Gasteiger partial charge in [-0.05, 0) is 42.9 Å². The number of benzene rings is 1. The monoisotopic (exact) mass is 317 g/mol. The van der Waals surface area contributed by atoms with Crippen LogP contribution in [0.3, 0.4) is 0 Å². The Kier molecular flexibility index (Phi) is 4.00. The van der Waals surface area contributed by atoms with Gasteiger partial charge >= 0.3 is 5.69 Å². The van der Waals surface area contributed by atoms with Crippen molar-refractivity contribution in [1.82, 2.24) is 14.9 Å². The van der Waals surface area contributed by atoms with Crippen molar-refractivity contribution in [2.75, 3.05) is 13.7 Å². The minimum absolute atomic E-state index is 0.0733. The van der Waals surface area contributed by atoms with Crippen LogP contribution in [0.4, 0.5) is 0 Å². The van der Waals surface area contributed by atoms with Gasteiger partial charge in [0, 0.05) is 18.7 Å². The van der Waals surface area contributed by atoms with Gasteiger partial charge < -0.3 is 15.0 Å². The van der Waals surface area contributed by atoms with E-state index in [9.17, 15) is 4.79 Å². The van der Waals surface area contributed by atoms with Crippen molar-refractivity contribution >= 4 is 11.0 Å². The fraction of sp³-hybridized carbons (Fsp3) is 0.611. The van der Waals surface area contributed by atoms with E-state index in [-0.39, 0.29) is 11.1 Å². The van der Waals surface area contributed by atoms with Gasteiger partial charge in [-0.25, -0.2) is 4.79 Å². The molecule has 1 aromatic heterocycles. The van der Waals surface area contributed by atoms with Gasteiger partial charge in [-0.1, -0.05) is 20.8 Å². The summed E-state index contributed by atoms with van der Waals surface area (Å²) in [5, 5.41) is 3.65. The molecule has 1 fully saturated rings. The number of H-pyrrole nitrogens is 1. The van der Waals surface area contributed by atoms with Crippen LogP contribution in [0.1, 0.15) is 45.1 Å². The average molecular weight is 317 g/mol. The highest BCUT2D eigenvalue weighted by molar-refractivity contribution is 5.82. The van der Waals surface area contributed by atoms with E-state index in [1.807, 2.05) is 19.2 Å². The molecular weight excluding hydrogens is 290 g/mol. The minimum atomic E-state index is -0.0733. The van der Waals surface area contributed by atoms with Gasteiger partial charge in [-0.3, -0.25) is 4.57 Å². The Morgan fingerprint density at radius 1 is 1.30 bits per heavy atom. The Bertz CT molecular complexity index is 767. The minimum Gasteiger partial charge on any atom is -0.496 e. The van der Waals surface area contributed by atoms with Crippen LogP contribution in [0, 0.1) is 5.41 Å². The number of hydrogen-bond donors (Lipinski definition) is 2. The lowest BCUT2D eigenvalue weighted by atomic mass is 9.76. The van der Waals surface area contributed by atoms with Crippen LogP contribution >= 0.6 is 0 Å². The zero-order valence-corrected chi connectivity index (χ0v) is 14.7. The number of hydrogen-bond acceptors (Lipinski definition) is 3. The number of imidazole rings is 1. The molecule has 0 aliphatic carbocycles. The first kappa shape index (κ1) is 16.1. The number of methoxy groups -OCH3 is 1. The van der Waals surface area contributed by atoms with Crippen LogP contribution in [-0.4, -0.2) is 29.2 Å². The lowest BCUT2D eigenvalue weighted by Crippen LogP contribution is -2.45. The highest BCUT2D eigenvalue weighted by Crippen LogP contribution is 2.41. The molecule has 5 heteroatoms. The quantitative estimate of drug-likeness (QED) is 0.895. The van der Waals surface area contributed by atoms with Gasteiger partial charge in [0.1, 0.15) is 5.75 Å². The van der Waals surface area contributed by atoms with Crippen molar-refractivity contribution in [1.29, 1.82) is 0 Å². The van der Waals surface area contributed by atoms with E-state index < -0.39 is 0 Å². The lowest BCUT2D eigenvalue weighted by Gasteiger charge is -2.39. The second-order valence-electron chi connectivity index (χ2n) is 7.66. The molecule has 1 aliphatic heterocycles. The standard InChI is InChI=1S/C18H27N3O2/c1-18(2,3)14-10-11(8-9-19-14)15-13(23-5)7-6-12-16(15)21(4)17(22)20-12/h6-7,11,14,19H,8-10H2,1-5H3,(H,20,22). The largest absolute Gasteiger partial charge is 0.496 e. The van der Waals surface area contributed by atoms with Gasteiger partial charge in [0.2, 0.25) is 0 Å². The second-order valence-corrected chi connectivity index (χ2v) is 7.66. The predicted octanol–water partition coefficient (Wildman–Crippen LogP) is 2.76. The maximum atomic E-state index is 12.1. The maximum Gasteiger partial charge on any atom is 0.326 e. The van der Waals surface area contributed by atoms with Crippen molar-refractivity contribution in [3.8, 4) is 5.75 Å². The zero-order chi connectivity index (χ0) is 16.8. The molecule has 126 valence electrons. The van der Waals surface area contributed by atoms with Crippen LogP contribution in [-0.2, 0) is 7.05 Å². The number of rotatable bonds is 2. The second kappa shape index (κ2) is 5.71. The first-order chi connectivity index (χ1) is 10.8. The Morgan fingerprint density at radius 3 is 2.70 bits per heavy atom. The number of fused-ring (bicyclic) bond motifs is 1. The fourth-order valence-electron chi connectivity index (χ4n) is 3.76. The molecule has 0 radical (unpaired) electrons. The van der Waals surface area contributed by atoms with E-state index in [0.29, 0.717) is 12.0 Å². The third-order valence-electron chi connectivity index (χ3n) is 5.14. The summed E-state index contributed by atoms with van der Waals surface area (Å²) in [6.45, 7) is 7.81. The highest BCUT2D eigenvalue weighted by atomic mass is 16.5. The van der Waals surface area contributed by atoms with E-state index >= 15 is 0 Å². The molecule has 1 aromatic carbocycles. The summed E-state index contributed by atoms with van der Waals surface area (Å²) in [7, 11) is 3.53. The highest BCUT2D eigenvalue weighted by Gasteiger charge is 2.33. The summed E-state index contributed by atoms with van der Waals surface area (Å²) >= 11 is 0. The van der Waals surface area contributed by atoms with Crippen LogP contribution < -0.4 is 15.7 Å². The van der Waals surface area contributed by atoms with Crippen molar-refractivity contribution in [3.63, 3.8) is 0 Å². The van der Waals surface area contributed by atoms with Crippen LogP contribution in [0.5, 0.6) is 5.75 Å². The number of piperidine rings is 1. The number of aromatic amines is 1. The van der Waals surface area contributed by atoms with Gasteiger partial charge in [0.25, 0.3) is 0 Å². The first-order valence-corrected chi connectivity index (χ1v) is 8.32. The Morgan fingerprint density at radius 2 is 2.04 bits per heavy atom. The summed E-state index contributed by atoms with van der Waals surface area (Å²) < 4.78 is 7.35. The molecule has 1 aliphatic rings. The van der Waals surface area contributed by atoms with E-state index in [1.54, 1.807) is 11.7 Å². The van der Waals surface area contributed by atoms with Crippen LogP contribution in [0.15, 0.2) is 16.9 Å². The molecule has 5 nitrogen and oxygen atoms in total. The van der Waals surface area contributed by atoms with E-state index in [1.165, 1.54) is 5.56 Å². The molecule has 2 N–H and O–H groups in total. The summed E-state index contributed by atoms with van der Waals surface area (Å²) in [6.07, 6.45) is 2.11. The number of nitrogens with zero attached hydrogens (tertiary/aromatic N) is 1. The number of aromatic nitrogens is 2. The van der Waals surface area contributed by atoms with Crippen molar-refractivity contribution in [2.45, 2.75) is 45.6 Å². The summed E-state index contributed by atoms with van der Waals surface area (Å²) in [4.78, 5) is 15.0. The third kappa shape index (κ3) is 2.78. The summed E-state index contributed by atoms with van der Waals surface area (Å²) in [6, 6.07) is 4.36. The smallest absolute Gasteiger partial charge is 0.326 e. The molecule has 2 atom stereocenters. The van der Waals surface area contributed by atoms with E-state index in [0.717, 1.165) is 36.2 Å². The Hall–Kier alpha value is -1.75. The molecule has 0 bridgehead atoms. The number of aryl methyl sites for hydroxylation is 1. The van der Waals surface area contributed by atoms with Crippen molar-refractivity contribution in [2.24, 2.45) is 12.5 Å². The number of ether oxygens (including phenoxy) is 1. The lowest BCUT2D eigenvalue weighted by molar-refractivity contribution is 0.210. The molecule has 0 spiro atoms. The molecule has 1 saturated heterocycles. The van der Waals surface area contributed by atoms with Crippen molar-refractivity contribution < 1.29 is 4.74 Å². The third-order valence-corrected chi connectivity index (χ3v) is 5.14. The molecule has 23 heavy (non-hydrogen) atoms. The first-order valence-electron chi connectivity index (χ1n) is 8.32. The van der Waals surface area contributed by atoms with Crippen molar-refractivity contribution in [3.05, 3.63) is 28.2 Å². The molecule has 2 aromatic rings. The van der Waals surface area contributed by atoms with E-state index in [4.69, 9.17) is 4.74 Å². The normalized spacial score (nSPS) is 22.5. The van der Waals surface area contributed by atoms with Gasteiger partial charge in [-0.2, -0.15) is 0 Å². The Balaban J connectivity index is 2.12. The zero-order valence-electron chi connectivity index (χ0n) is 14.7. The van der Waals surface area contributed by atoms with E-state index in [2.05, 4.69) is 31.1 Å². The van der Waals surface area contributed by atoms with Gasteiger partial charge in [-0.15, -0.1) is 0 Å². The van der Waals surface area contributed by atoms with Crippen LogP contribution in [0.25, 0.3) is 11.0 Å². The van der Waals surface area contributed by atoms with Gasteiger partial charge in [0.05, 0.1) is 18.1 Å². The topological polar surface area (TPSA) is 59.1 Å². The Labute approximate surface area is 137 Å². The SMILES string of the molecule is COc1ccc2[nH]c(=O)n(C)c2c1C1CCNC(C(C)(C)C)C1. The maximum absolute atomic E-state index is 12.1.